The molecule has 0 spiro atoms. The molecule has 1 aliphatic carbocycles. The van der Waals surface area contributed by atoms with E-state index in [0.717, 1.165) is 12.2 Å². The molecule has 4 nitrogen and oxygen atoms in total. The summed E-state index contributed by atoms with van der Waals surface area (Å²) in [6, 6.07) is 8.55. The molecule has 0 atom stereocenters. The van der Waals surface area contributed by atoms with Crippen molar-refractivity contribution in [3.8, 4) is 0 Å². The molecule has 0 unspecified atom stereocenters. The van der Waals surface area contributed by atoms with Crippen molar-refractivity contribution >= 4 is 11.8 Å². The van der Waals surface area contributed by atoms with Crippen LogP contribution >= 0.6 is 0 Å². The van der Waals surface area contributed by atoms with Gasteiger partial charge in [-0.2, -0.15) is 0 Å². The van der Waals surface area contributed by atoms with Crippen LogP contribution in [0.25, 0.3) is 0 Å². The Labute approximate surface area is 120 Å². The highest BCUT2D eigenvalue weighted by atomic mass is 16.6. The average Bonchev–Trinajstić information content (AvgIpc) is 2.26. The van der Waals surface area contributed by atoms with Crippen molar-refractivity contribution in [2.45, 2.75) is 58.2 Å². The highest BCUT2D eigenvalue weighted by Crippen LogP contribution is 2.19. The van der Waals surface area contributed by atoms with E-state index in [1.807, 2.05) is 45.0 Å². The van der Waals surface area contributed by atoms with Gasteiger partial charge in [0.15, 0.2) is 0 Å². The van der Waals surface area contributed by atoms with Crippen molar-refractivity contribution in [2.24, 2.45) is 0 Å². The van der Waals surface area contributed by atoms with Gasteiger partial charge in [0.2, 0.25) is 0 Å². The van der Waals surface area contributed by atoms with Crippen molar-refractivity contribution < 1.29 is 9.53 Å². The number of rotatable bonds is 4. The summed E-state index contributed by atoms with van der Waals surface area (Å²) in [6.07, 6.45) is 3.50. The lowest BCUT2D eigenvalue weighted by atomic mass is 9.93. The first-order valence-electron chi connectivity index (χ1n) is 7.25. The predicted molar refractivity (Wildman–Crippen MR) is 80.8 cm³/mol. The second-order valence-electron chi connectivity index (χ2n) is 6.33. The van der Waals surface area contributed by atoms with Crippen LogP contribution in [0.1, 0.15) is 45.6 Å². The zero-order chi connectivity index (χ0) is 14.6. The molecule has 1 amide bonds. The Morgan fingerprint density at radius 2 is 1.90 bits per heavy atom. The number of benzene rings is 1. The fourth-order valence-electron chi connectivity index (χ4n) is 2.00. The third-order valence-corrected chi connectivity index (χ3v) is 3.30. The van der Waals surface area contributed by atoms with Crippen LogP contribution in [0.2, 0.25) is 0 Å². The SMILES string of the molecule is CC(C)(C)OC(=O)Nc1ccc(CNC2CCC2)cc1. The molecule has 110 valence electrons. The van der Waals surface area contributed by atoms with Crippen molar-refractivity contribution in [3.05, 3.63) is 29.8 Å². The smallest absolute Gasteiger partial charge is 0.412 e. The maximum Gasteiger partial charge on any atom is 0.412 e. The van der Waals surface area contributed by atoms with Gasteiger partial charge in [-0.1, -0.05) is 18.6 Å². The molecule has 0 bridgehead atoms. The molecule has 1 aromatic rings. The monoisotopic (exact) mass is 276 g/mol. The lowest BCUT2D eigenvalue weighted by Crippen LogP contribution is -2.34. The molecule has 0 aliphatic heterocycles. The van der Waals surface area contributed by atoms with Crippen LogP contribution < -0.4 is 10.6 Å². The second-order valence-corrected chi connectivity index (χ2v) is 6.33. The minimum Gasteiger partial charge on any atom is -0.444 e. The van der Waals surface area contributed by atoms with E-state index >= 15 is 0 Å². The van der Waals surface area contributed by atoms with Gasteiger partial charge in [0.25, 0.3) is 0 Å². The fraction of sp³-hybridized carbons (Fsp3) is 0.562. The Bertz CT molecular complexity index is 445. The zero-order valence-corrected chi connectivity index (χ0v) is 12.5. The van der Waals surface area contributed by atoms with Crippen LogP contribution in [0.15, 0.2) is 24.3 Å². The molecule has 2 N–H and O–H groups in total. The van der Waals surface area contributed by atoms with Crippen molar-refractivity contribution in [3.63, 3.8) is 0 Å². The van der Waals surface area contributed by atoms with Gasteiger partial charge in [-0.25, -0.2) is 4.79 Å². The number of hydrogen-bond donors (Lipinski definition) is 2. The van der Waals surface area contributed by atoms with Gasteiger partial charge in [0, 0.05) is 18.3 Å². The van der Waals surface area contributed by atoms with E-state index in [-0.39, 0.29) is 0 Å². The fourth-order valence-corrected chi connectivity index (χ4v) is 2.00. The highest BCUT2D eigenvalue weighted by molar-refractivity contribution is 5.84. The Morgan fingerprint density at radius 3 is 2.40 bits per heavy atom. The molecule has 0 aromatic heterocycles. The summed E-state index contributed by atoms with van der Waals surface area (Å²) in [7, 11) is 0. The normalized spacial score (nSPS) is 15.6. The Morgan fingerprint density at radius 1 is 1.25 bits per heavy atom. The molecule has 1 aliphatic rings. The van der Waals surface area contributed by atoms with E-state index in [4.69, 9.17) is 4.74 Å². The van der Waals surface area contributed by atoms with E-state index in [1.54, 1.807) is 0 Å². The van der Waals surface area contributed by atoms with Gasteiger partial charge in [-0.3, -0.25) is 5.32 Å². The Hall–Kier alpha value is -1.55. The molecule has 4 heteroatoms. The van der Waals surface area contributed by atoms with Crippen molar-refractivity contribution in [2.75, 3.05) is 5.32 Å². The highest BCUT2D eigenvalue weighted by Gasteiger charge is 2.17. The van der Waals surface area contributed by atoms with E-state index < -0.39 is 11.7 Å². The minimum atomic E-state index is -0.475. The lowest BCUT2D eigenvalue weighted by molar-refractivity contribution is 0.0636. The quantitative estimate of drug-likeness (QED) is 0.882. The molecule has 20 heavy (non-hydrogen) atoms. The molecule has 0 radical (unpaired) electrons. The molecule has 0 heterocycles. The maximum absolute atomic E-state index is 11.6. The van der Waals surface area contributed by atoms with Crippen molar-refractivity contribution in [1.29, 1.82) is 0 Å². The molecule has 2 rings (SSSR count). The Balaban J connectivity index is 1.79. The first-order valence-corrected chi connectivity index (χ1v) is 7.25. The second kappa shape index (κ2) is 6.27. The predicted octanol–water partition coefficient (Wildman–Crippen LogP) is 3.68. The summed E-state index contributed by atoms with van der Waals surface area (Å²) >= 11 is 0. The summed E-state index contributed by atoms with van der Waals surface area (Å²) in [5.41, 5.74) is 1.51. The van der Waals surface area contributed by atoms with E-state index in [0.29, 0.717) is 6.04 Å². The summed E-state index contributed by atoms with van der Waals surface area (Å²) in [5.74, 6) is 0. The topological polar surface area (TPSA) is 50.4 Å². The summed E-state index contributed by atoms with van der Waals surface area (Å²) in [4.78, 5) is 11.6. The van der Waals surface area contributed by atoms with E-state index in [9.17, 15) is 4.79 Å². The van der Waals surface area contributed by atoms with Gasteiger partial charge < -0.3 is 10.1 Å². The molecular formula is C16H24N2O2. The van der Waals surface area contributed by atoms with Crippen molar-refractivity contribution in [1.82, 2.24) is 5.32 Å². The number of carbonyl (C=O) groups is 1. The standard InChI is InChI=1S/C16H24N2O2/c1-16(2,3)20-15(19)18-14-9-7-12(8-10-14)11-17-13-5-4-6-13/h7-10,13,17H,4-6,11H2,1-3H3,(H,18,19). The largest absolute Gasteiger partial charge is 0.444 e. The number of carbonyl (C=O) groups excluding carboxylic acids is 1. The van der Waals surface area contributed by atoms with Crippen LogP contribution in [0, 0.1) is 0 Å². The van der Waals surface area contributed by atoms with Crippen LogP contribution in [0.4, 0.5) is 10.5 Å². The lowest BCUT2D eigenvalue weighted by Gasteiger charge is -2.26. The third kappa shape index (κ3) is 4.85. The number of anilines is 1. The van der Waals surface area contributed by atoms with Gasteiger partial charge in [0.05, 0.1) is 0 Å². The first kappa shape index (κ1) is 14.9. The number of hydrogen-bond acceptors (Lipinski definition) is 3. The first-order chi connectivity index (χ1) is 9.42. The third-order valence-electron chi connectivity index (χ3n) is 3.30. The van der Waals surface area contributed by atoms with Crippen LogP contribution in [-0.4, -0.2) is 17.7 Å². The van der Waals surface area contributed by atoms with Gasteiger partial charge in [-0.15, -0.1) is 0 Å². The summed E-state index contributed by atoms with van der Waals surface area (Å²) < 4.78 is 5.21. The molecule has 1 saturated carbocycles. The molecule has 1 aromatic carbocycles. The minimum absolute atomic E-state index is 0.419. The van der Waals surface area contributed by atoms with Crippen LogP contribution in [0.3, 0.4) is 0 Å². The van der Waals surface area contributed by atoms with Crippen LogP contribution in [-0.2, 0) is 11.3 Å². The molecule has 0 saturated heterocycles. The van der Waals surface area contributed by atoms with Gasteiger partial charge >= 0.3 is 6.09 Å². The molecule has 1 fully saturated rings. The summed E-state index contributed by atoms with van der Waals surface area (Å²) in [6.45, 7) is 6.43. The Kier molecular flexibility index (Phi) is 4.65. The summed E-state index contributed by atoms with van der Waals surface area (Å²) in [5, 5.41) is 6.25. The average molecular weight is 276 g/mol. The van der Waals surface area contributed by atoms with Crippen LogP contribution in [0.5, 0.6) is 0 Å². The molecular weight excluding hydrogens is 252 g/mol. The van der Waals surface area contributed by atoms with E-state index in [1.165, 1.54) is 24.8 Å². The zero-order valence-electron chi connectivity index (χ0n) is 12.5. The maximum atomic E-state index is 11.6. The number of nitrogens with one attached hydrogen (secondary N) is 2. The van der Waals surface area contributed by atoms with Gasteiger partial charge in [0.1, 0.15) is 5.60 Å². The number of ether oxygens (including phenoxy) is 1. The van der Waals surface area contributed by atoms with E-state index in [2.05, 4.69) is 10.6 Å². The van der Waals surface area contributed by atoms with Gasteiger partial charge in [-0.05, 0) is 51.3 Å². The number of amides is 1.